The zero-order chi connectivity index (χ0) is 62.1. The van der Waals surface area contributed by atoms with Crippen LogP contribution in [0.3, 0.4) is 0 Å². The third-order valence-corrected chi connectivity index (χ3v) is 18.1. The van der Waals surface area contributed by atoms with Gasteiger partial charge in [0.05, 0.1) is 29.4 Å². The molecule has 0 spiro atoms. The minimum Gasteiger partial charge on any atom is -0.494 e. The van der Waals surface area contributed by atoms with E-state index in [9.17, 15) is 0 Å². The van der Waals surface area contributed by atoms with E-state index in [1.807, 2.05) is 0 Å². The number of halogens is 1. The van der Waals surface area contributed by atoms with Crippen LogP contribution in [-0.4, -0.2) is 31.9 Å². The lowest BCUT2D eigenvalue weighted by Gasteiger charge is -2.26. The lowest BCUT2D eigenvalue weighted by molar-refractivity contribution is 0.304. The van der Waals surface area contributed by atoms with Crippen molar-refractivity contribution in [3.8, 4) is 50.3 Å². The first kappa shape index (κ1) is 64.2. The largest absolute Gasteiger partial charge is 0.494 e. The molecule has 0 radical (unpaired) electrons. The van der Waals surface area contributed by atoms with Crippen molar-refractivity contribution < 1.29 is 4.74 Å². The van der Waals surface area contributed by atoms with E-state index in [-0.39, 0.29) is 32.5 Å². The van der Waals surface area contributed by atoms with E-state index in [0.717, 1.165) is 107 Å². The Morgan fingerprint density at radius 3 is 0.837 bits per heavy atom. The van der Waals surface area contributed by atoms with Gasteiger partial charge < -0.3 is 14.7 Å². The third-order valence-electron chi connectivity index (χ3n) is 17.6. The summed E-state index contributed by atoms with van der Waals surface area (Å²) in [5.41, 5.74) is 23.4. The molecule has 4 aromatic carbocycles. The number of nitrogens with one attached hydrogen (secondary N) is 2. The van der Waals surface area contributed by atoms with E-state index in [1.165, 1.54) is 91.2 Å². The van der Waals surface area contributed by atoms with E-state index < -0.39 is 0 Å². The minimum absolute atomic E-state index is 0.0996. The number of unbranched alkanes of at least 4 members (excludes halogenated alkanes) is 9. The van der Waals surface area contributed by atoms with Gasteiger partial charge in [-0.05, 0) is 162 Å². The first-order chi connectivity index (χ1) is 40.4. The van der Waals surface area contributed by atoms with Gasteiger partial charge >= 0.3 is 0 Å². The summed E-state index contributed by atoms with van der Waals surface area (Å²) >= 11 is 3.57. The van der Waals surface area contributed by atoms with E-state index in [0.29, 0.717) is 6.61 Å². The zero-order valence-electron chi connectivity index (χ0n) is 55.8. The maximum atomic E-state index is 6.46. The number of hydrogen-bond acceptors (Lipinski definition) is 3. The van der Waals surface area contributed by atoms with E-state index in [2.05, 4.69) is 278 Å². The summed E-state index contributed by atoms with van der Waals surface area (Å²) in [7, 11) is 0. The molecule has 8 bridgehead atoms. The first-order valence-electron chi connectivity index (χ1n) is 32.3. The Bertz CT molecular complexity index is 3630. The van der Waals surface area contributed by atoms with Gasteiger partial charge in [0.2, 0.25) is 0 Å². The number of hydrogen-bond donors (Lipinski definition) is 2. The summed E-state index contributed by atoms with van der Waals surface area (Å²) in [6.07, 6.45) is 21.8. The molecule has 5 heterocycles. The molecule has 6 heteroatoms. The molecule has 2 aliphatic rings. The summed E-state index contributed by atoms with van der Waals surface area (Å²) in [5, 5.41) is 1.12. The lowest BCUT2D eigenvalue weighted by Crippen LogP contribution is -2.16. The van der Waals surface area contributed by atoms with Crippen LogP contribution in [0.15, 0.2) is 103 Å². The molecule has 0 atom stereocenters. The highest BCUT2D eigenvalue weighted by Gasteiger charge is 2.28. The van der Waals surface area contributed by atoms with Crippen molar-refractivity contribution in [1.82, 2.24) is 19.9 Å². The van der Waals surface area contributed by atoms with Crippen molar-refractivity contribution in [2.45, 2.75) is 221 Å². The number of benzene rings is 4. The van der Waals surface area contributed by atoms with Gasteiger partial charge in [-0.3, -0.25) is 0 Å². The van der Waals surface area contributed by atoms with Crippen LogP contribution in [0, 0.1) is 0 Å². The molecular weight excluding hydrogens is 1110 g/mol. The second kappa shape index (κ2) is 25.5. The molecule has 0 amide bonds. The molecule has 9 rings (SSSR count). The van der Waals surface area contributed by atoms with Crippen LogP contribution in [0.2, 0.25) is 0 Å². The fourth-order valence-corrected chi connectivity index (χ4v) is 12.2. The van der Waals surface area contributed by atoms with Crippen LogP contribution in [0.1, 0.15) is 245 Å². The predicted molar refractivity (Wildman–Crippen MR) is 378 cm³/mol. The fourth-order valence-electron chi connectivity index (χ4n) is 11.9. The average molecular weight is 1210 g/mol. The highest BCUT2D eigenvalue weighted by molar-refractivity contribution is 9.09. The fraction of sp³-hybridized carbons (Fsp3) is 0.450. The van der Waals surface area contributed by atoms with Crippen molar-refractivity contribution >= 4 is 62.3 Å². The minimum atomic E-state index is -0.0999. The lowest BCUT2D eigenvalue weighted by atomic mass is 9.78. The summed E-state index contributed by atoms with van der Waals surface area (Å²) in [6, 6.07) is 39.5. The Hall–Kier alpha value is -6.24. The van der Waals surface area contributed by atoms with Gasteiger partial charge in [-0.15, -0.1) is 0 Å². The Morgan fingerprint density at radius 1 is 0.314 bits per heavy atom. The number of aromatic nitrogens is 4. The number of ether oxygens (including phenoxy) is 1. The summed E-state index contributed by atoms with van der Waals surface area (Å²) in [5.74, 6) is 0.888. The number of alkyl halides is 1. The van der Waals surface area contributed by atoms with E-state index in [4.69, 9.17) is 14.7 Å². The van der Waals surface area contributed by atoms with Gasteiger partial charge in [0.15, 0.2) is 0 Å². The van der Waals surface area contributed by atoms with E-state index in [1.54, 1.807) is 0 Å². The Labute approximate surface area is 526 Å². The van der Waals surface area contributed by atoms with Gasteiger partial charge in [0, 0.05) is 49.7 Å². The van der Waals surface area contributed by atoms with Crippen molar-refractivity contribution in [1.29, 1.82) is 0 Å². The second-order valence-electron chi connectivity index (χ2n) is 31.0. The highest BCUT2D eigenvalue weighted by atomic mass is 79.9. The molecule has 5 nitrogen and oxygen atoms in total. The number of rotatable bonds is 17. The van der Waals surface area contributed by atoms with Crippen LogP contribution in [0.5, 0.6) is 5.75 Å². The van der Waals surface area contributed by atoms with Crippen LogP contribution in [0.4, 0.5) is 0 Å². The maximum Gasteiger partial charge on any atom is 0.119 e. The van der Waals surface area contributed by atoms with Gasteiger partial charge in [0.1, 0.15) is 5.75 Å². The zero-order valence-corrected chi connectivity index (χ0v) is 57.4. The molecule has 0 saturated carbocycles. The Morgan fingerprint density at radius 2 is 0.570 bits per heavy atom. The standard InChI is InChI=1S/C80H101BrN4O/c1-75(2,3)56-43-53(44-57(49-56)76(4,5)6)72-65-35-33-63(82-65)71(52-29-31-62(32-30-52)86-42-28-26-24-22-20-19-21-23-25-27-41-81)64-34-36-66(83-64)73(54-45-58(77(7,8)9)50-59(46-54)78(10,11)12)68-38-40-70(85-68)74(69-39-37-67(72)84-69)55-47-60(79(13,14)15)51-61(48-55)80(16,17)18/h29-40,43-51,82,85H,19-28,41-42H2,1-18H3. The molecule has 86 heavy (non-hydrogen) atoms. The summed E-state index contributed by atoms with van der Waals surface area (Å²) in [4.78, 5) is 19.8. The first-order valence-corrected chi connectivity index (χ1v) is 33.4. The van der Waals surface area contributed by atoms with Gasteiger partial charge in [-0.2, -0.15) is 0 Å². The predicted octanol–water partition coefficient (Wildman–Crippen LogP) is 23.8. The number of nitrogens with zero attached hydrogens (tertiary/aromatic N) is 2. The molecule has 454 valence electrons. The van der Waals surface area contributed by atoms with Gasteiger partial charge in [0.25, 0.3) is 0 Å². The van der Waals surface area contributed by atoms with Crippen LogP contribution >= 0.6 is 15.9 Å². The number of fused-ring (bicyclic) bond motifs is 8. The quantitative estimate of drug-likeness (QED) is 0.0705. The highest BCUT2D eigenvalue weighted by Crippen LogP contribution is 2.44. The molecule has 0 unspecified atom stereocenters. The molecule has 7 aromatic rings. The van der Waals surface area contributed by atoms with Crippen LogP contribution < -0.4 is 4.74 Å². The summed E-state index contributed by atoms with van der Waals surface area (Å²) in [6.45, 7) is 42.5. The van der Waals surface area contributed by atoms with E-state index >= 15 is 0 Å². The Balaban J connectivity index is 1.33. The SMILES string of the molecule is CC(C)(C)c1cc(-c2c3nc(c(-c4cc(C(C)(C)C)cc(C(C)(C)C)c4)c4ccc([nH]4)c(-c4cc(C(C)(C)C)cc(C(C)(C)C)c4)c4nc(c(-c5ccc(OCCCCCCCCCCCCBr)cc5)c5ccc2[nH]5)C=C4)C=C3)cc(C(C)(C)C)c1. The molecule has 3 aromatic heterocycles. The van der Waals surface area contributed by atoms with Crippen molar-refractivity contribution in [2.24, 2.45) is 0 Å². The monoisotopic (exact) mass is 1210 g/mol. The molecule has 0 fully saturated rings. The Kier molecular flexibility index (Phi) is 19.0. The third kappa shape index (κ3) is 15.2. The van der Waals surface area contributed by atoms with Gasteiger partial charge in [-0.1, -0.05) is 259 Å². The topological polar surface area (TPSA) is 66.6 Å². The molecular formula is C80H101BrN4O. The molecule has 0 saturated heterocycles. The average Bonchev–Trinajstić information content (AvgIpc) is 1.57. The molecule has 2 aliphatic heterocycles. The van der Waals surface area contributed by atoms with Crippen LogP contribution in [0.25, 0.3) is 90.9 Å². The van der Waals surface area contributed by atoms with Crippen LogP contribution in [-0.2, 0) is 32.5 Å². The van der Waals surface area contributed by atoms with Gasteiger partial charge in [-0.25, -0.2) is 9.97 Å². The summed E-state index contributed by atoms with van der Waals surface area (Å²) < 4.78 is 6.46. The number of aromatic amines is 2. The smallest absolute Gasteiger partial charge is 0.119 e. The molecule has 0 aliphatic carbocycles. The normalized spacial score (nSPS) is 13.3. The van der Waals surface area contributed by atoms with Crippen molar-refractivity contribution in [2.75, 3.05) is 11.9 Å². The number of H-pyrrole nitrogens is 2. The van der Waals surface area contributed by atoms with Crippen molar-refractivity contribution in [3.63, 3.8) is 0 Å². The second-order valence-corrected chi connectivity index (χ2v) is 31.8. The van der Waals surface area contributed by atoms with Crippen molar-refractivity contribution in [3.05, 3.63) is 159 Å². The maximum absolute atomic E-state index is 6.46. The molecule has 2 N–H and O–H groups in total.